The fourth-order valence-electron chi connectivity index (χ4n) is 3.52. The number of hydrogen-bond acceptors (Lipinski definition) is 3. The van der Waals surface area contributed by atoms with E-state index in [2.05, 4.69) is 5.32 Å². The van der Waals surface area contributed by atoms with Crippen LogP contribution in [-0.2, 0) is 22.6 Å². The Hall–Kier alpha value is -3.05. The molecular formula is C28H32N2O2S. The van der Waals surface area contributed by atoms with Crippen molar-refractivity contribution in [1.29, 1.82) is 0 Å². The van der Waals surface area contributed by atoms with Gasteiger partial charge in [-0.2, -0.15) is 0 Å². The third kappa shape index (κ3) is 7.79. The number of thioether (sulfide) groups is 1. The first-order chi connectivity index (χ1) is 16.1. The Morgan fingerprint density at radius 3 is 1.97 bits per heavy atom. The van der Waals surface area contributed by atoms with Gasteiger partial charge in [0.1, 0.15) is 6.04 Å². The van der Waals surface area contributed by atoms with Crippen LogP contribution in [0.4, 0.5) is 0 Å². The Morgan fingerprint density at radius 1 is 0.848 bits per heavy atom. The smallest absolute Gasteiger partial charge is 0.243 e. The molecule has 0 aliphatic carbocycles. The lowest BCUT2D eigenvalue weighted by atomic mass is 10.0. The molecule has 4 nitrogen and oxygen atoms in total. The van der Waals surface area contributed by atoms with E-state index in [1.165, 1.54) is 11.8 Å². The van der Waals surface area contributed by atoms with Crippen LogP contribution in [0.5, 0.6) is 0 Å². The third-order valence-corrected chi connectivity index (χ3v) is 6.57. The molecule has 0 fully saturated rings. The van der Waals surface area contributed by atoms with Gasteiger partial charge in [-0.1, -0.05) is 85.8 Å². The van der Waals surface area contributed by atoms with Crippen molar-refractivity contribution in [2.24, 2.45) is 0 Å². The number of carbonyl (C=O) groups excluding carboxylic acids is 2. The van der Waals surface area contributed by atoms with Crippen molar-refractivity contribution in [1.82, 2.24) is 10.2 Å². The number of rotatable bonds is 11. The summed E-state index contributed by atoms with van der Waals surface area (Å²) in [4.78, 5) is 29.7. The second-order valence-corrected chi connectivity index (χ2v) is 9.18. The molecule has 0 bridgehead atoms. The Bertz CT molecular complexity index is 996. The lowest BCUT2D eigenvalue weighted by Crippen LogP contribution is -2.52. The SMILES string of the molecule is CC[C@H](C)NC(=O)[C@H](Cc1ccccc1)N(Cc1ccccc1)C(=O)CSc1ccccc1. The van der Waals surface area contributed by atoms with Crippen molar-refractivity contribution in [3.8, 4) is 0 Å². The van der Waals surface area contributed by atoms with Crippen LogP contribution in [0.2, 0.25) is 0 Å². The van der Waals surface area contributed by atoms with Crippen LogP contribution in [0.15, 0.2) is 95.9 Å². The van der Waals surface area contributed by atoms with E-state index in [9.17, 15) is 9.59 Å². The maximum absolute atomic E-state index is 13.5. The molecule has 3 aromatic rings. The molecule has 0 aliphatic rings. The number of nitrogens with zero attached hydrogens (tertiary/aromatic N) is 1. The summed E-state index contributed by atoms with van der Waals surface area (Å²) in [7, 11) is 0. The molecule has 0 saturated carbocycles. The molecule has 3 aromatic carbocycles. The molecule has 0 saturated heterocycles. The molecule has 0 spiro atoms. The van der Waals surface area contributed by atoms with E-state index < -0.39 is 6.04 Å². The largest absolute Gasteiger partial charge is 0.352 e. The minimum atomic E-state index is -0.592. The summed E-state index contributed by atoms with van der Waals surface area (Å²) in [6.07, 6.45) is 1.30. The molecule has 0 radical (unpaired) electrons. The number of hydrogen-bond donors (Lipinski definition) is 1. The average molecular weight is 461 g/mol. The first kappa shape index (κ1) is 24.6. The van der Waals surface area contributed by atoms with Gasteiger partial charge in [0.25, 0.3) is 0 Å². The van der Waals surface area contributed by atoms with Gasteiger partial charge in [-0.25, -0.2) is 0 Å². The van der Waals surface area contributed by atoms with Gasteiger partial charge >= 0.3 is 0 Å². The average Bonchev–Trinajstić information content (AvgIpc) is 2.86. The van der Waals surface area contributed by atoms with Crippen molar-refractivity contribution in [3.63, 3.8) is 0 Å². The molecule has 1 N–H and O–H groups in total. The fraction of sp³-hybridized carbons (Fsp3) is 0.286. The van der Waals surface area contributed by atoms with Crippen molar-refractivity contribution in [2.75, 3.05) is 5.75 Å². The predicted octanol–water partition coefficient (Wildman–Crippen LogP) is 5.33. The topological polar surface area (TPSA) is 49.4 Å². The highest BCUT2D eigenvalue weighted by Crippen LogP contribution is 2.21. The van der Waals surface area contributed by atoms with Gasteiger partial charge in [0.15, 0.2) is 0 Å². The molecule has 33 heavy (non-hydrogen) atoms. The van der Waals surface area contributed by atoms with E-state index in [0.29, 0.717) is 13.0 Å². The zero-order valence-corrected chi connectivity index (χ0v) is 20.1. The molecule has 172 valence electrons. The lowest BCUT2D eigenvalue weighted by Gasteiger charge is -2.32. The normalized spacial score (nSPS) is 12.5. The fourth-order valence-corrected chi connectivity index (χ4v) is 4.33. The summed E-state index contributed by atoms with van der Waals surface area (Å²) in [6, 6.07) is 29.1. The summed E-state index contributed by atoms with van der Waals surface area (Å²) in [5.74, 6) is 0.119. The van der Waals surface area contributed by atoms with Crippen LogP contribution in [0.1, 0.15) is 31.4 Å². The molecule has 0 aliphatic heterocycles. The third-order valence-electron chi connectivity index (χ3n) is 5.57. The van der Waals surface area contributed by atoms with E-state index in [4.69, 9.17) is 0 Å². The zero-order valence-electron chi connectivity index (χ0n) is 19.3. The van der Waals surface area contributed by atoms with Crippen molar-refractivity contribution in [2.45, 2.75) is 50.2 Å². The standard InChI is InChI=1S/C28H32N2O2S/c1-3-22(2)29-28(32)26(19-23-13-7-4-8-14-23)30(20-24-15-9-5-10-16-24)27(31)21-33-25-17-11-6-12-18-25/h4-18,22,26H,3,19-21H2,1-2H3,(H,29,32)/t22-,26-/m0/s1. The van der Waals surface area contributed by atoms with Crippen LogP contribution in [-0.4, -0.2) is 34.6 Å². The summed E-state index contributed by atoms with van der Waals surface area (Å²) in [5.41, 5.74) is 2.04. The highest BCUT2D eigenvalue weighted by Gasteiger charge is 2.30. The zero-order chi connectivity index (χ0) is 23.5. The van der Waals surface area contributed by atoms with Gasteiger partial charge in [0.05, 0.1) is 5.75 Å². The van der Waals surface area contributed by atoms with Crippen molar-refractivity contribution in [3.05, 3.63) is 102 Å². The van der Waals surface area contributed by atoms with E-state index >= 15 is 0 Å². The number of amides is 2. The second kappa shape index (κ2) is 12.9. The predicted molar refractivity (Wildman–Crippen MR) is 136 cm³/mol. The Morgan fingerprint density at radius 2 is 1.39 bits per heavy atom. The maximum atomic E-state index is 13.5. The van der Waals surface area contributed by atoms with E-state index in [0.717, 1.165) is 22.4 Å². The molecule has 3 rings (SSSR count). The molecule has 2 atom stereocenters. The summed E-state index contributed by atoms with van der Waals surface area (Å²) in [6.45, 7) is 4.42. The van der Waals surface area contributed by atoms with Crippen molar-refractivity contribution < 1.29 is 9.59 Å². The van der Waals surface area contributed by atoms with Crippen LogP contribution < -0.4 is 5.32 Å². The maximum Gasteiger partial charge on any atom is 0.243 e. The van der Waals surface area contributed by atoms with E-state index in [1.807, 2.05) is 105 Å². The molecular weight excluding hydrogens is 428 g/mol. The Balaban J connectivity index is 1.88. The summed E-state index contributed by atoms with van der Waals surface area (Å²) < 4.78 is 0. The van der Waals surface area contributed by atoms with Crippen LogP contribution in [0, 0.1) is 0 Å². The highest BCUT2D eigenvalue weighted by molar-refractivity contribution is 8.00. The van der Waals surface area contributed by atoms with E-state index in [1.54, 1.807) is 4.90 Å². The summed E-state index contributed by atoms with van der Waals surface area (Å²) in [5, 5.41) is 3.11. The first-order valence-corrected chi connectivity index (χ1v) is 12.4. The number of nitrogens with one attached hydrogen (secondary N) is 1. The van der Waals surface area contributed by atoms with Crippen LogP contribution in [0.25, 0.3) is 0 Å². The van der Waals surface area contributed by atoms with Crippen LogP contribution in [0.3, 0.4) is 0 Å². The van der Waals surface area contributed by atoms with Gasteiger partial charge in [-0.15, -0.1) is 11.8 Å². The number of benzene rings is 3. The van der Waals surface area contributed by atoms with Gasteiger partial charge in [0, 0.05) is 23.9 Å². The monoisotopic (exact) mass is 460 g/mol. The molecule has 5 heteroatoms. The highest BCUT2D eigenvalue weighted by atomic mass is 32.2. The molecule has 0 unspecified atom stereocenters. The molecule has 0 aromatic heterocycles. The first-order valence-electron chi connectivity index (χ1n) is 11.4. The second-order valence-electron chi connectivity index (χ2n) is 8.13. The number of carbonyl (C=O) groups is 2. The molecule has 2 amide bonds. The minimum absolute atomic E-state index is 0.0446. The molecule has 0 heterocycles. The Labute approximate surface area is 201 Å². The van der Waals surface area contributed by atoms with Crippen molar-refractivity contribution >= 4 is 23.6 Å². The Kier molecular flexibility index (Phi) is 9.58. The van der Waals surface area contributed by atoms with E-state index in [-0.39, 0.29) is 23.6 Å². The van der Waals surface area contributed by atoms with Gasteiger partial charge < -0.3 is 10.2 Å². The van der Waals surface area contributed by atoms with Gasteiger partial charge in [0.2, 0.25) is 11.8 Å². The minimum Gasteiger partial charge on any atom is -0.352 e. The van der Waals surface area contributed by atoms with Crippen LogP contribution >= 0.6 is 11.8 Å². The summed E-state index contributed by atoms with van der Waals surface area (Å²) >= 11 is 1.50. The van der Waals surface area contributed by atoms with Gasteiger partial charge in [-0.3, -0.25) is 9.59 Å². The van der Waals surface area contributed by atoms with Gasteiger partial charge in [-0.05, 0) is 36.6 Å². The quantitative estimate of drug-likeness (QED) is 0.393. The lowest BCUT2D eigenvalue weighted by molar-refractivity contribution is -0.139.